The van der Waals surface area contributed by atoms with Crippen LogP contribution >= 0.6 is 0 Å². The Labute approximate surface area is 117 Å². The van der Waals surface area contributed by atoms with Crippen LogP contribution in [0.25, 0.3) is 5.69 Å². The molecule has 0 saturated carbocycles. The minimum Gasteiger partial charge on any atom is -0.378 e. The lowest BCUT2D eigenvalue weighted by Crippen LogP contribution is -2.00. The normalized spacial score (nSPS) is 10.7. The van der Waals surface area contributed by atoms with Crippen LogP contribution in [0.15, 0.2) is 47.2 Å². The van der Waals surface area contributed by atoms with E-state index in [2.05, 4.69) is 15.6 Å². The van der Waals surface area contributed by atoms with E-state index in [0.29, 0.717) is 6.54 Å². The first-order valence-corrected chi connectivity index (χ1v) is 6.50. The van der Waals surface area contributed by atoms with Gasteiger partial charge in [-0.1, -0.05) is 23.4 Å². The van der Waals surface area contributed by atoms with Crippen molar-refractivity contribution in [3.63, 3.8) is 0 Å². The summed E-state index contributed by atoms with van der Waals surface area (Å²) in [4.78, 5) is 0. The van der Waals surface area contributed by atoms with Gasteiger partial charge in [-0.05, 0) is 26.0 Å². The number of hydrogen-bond donors (Lipinski definition) is 1. The molecule has 0 spiro atoms. The fourth-order valence-electron chi connectivity index (χ4n) is 2.08. The molecule has 0 aliphatic carbocycles. The molecule has 1 N–H and O–H groups in total. The summed E-state index contributed by atoms with van der Waals surface area (Å²) < 4.78 is 6.99. The number of aromatic nitrogens is 3. The fraction of sp³-hybridized carbons (Fsp3) is 0.200. The third kappa shape index (κ3) is 2.42. The molecule has 1 aromatic carbocycles. The summed E-state index contributed by atoms with van der Waals surface area (Å²) in [6.45, 7) is 4.55. The molecule has 0 bridgehead atoms. The summed E-state index contributed by atoms with van der Waals surface area (Å²) >= 11 is 0. The van der Waals surface area contributed by atoms with E-state index in [-0.39, 0.29) is 0 Å². The summed E-state index contributed by atoms with van der Waals surface area (Å²) in [6.07, 6.45) is 3.78. The van der Waals surface area contributed by atoms with E-state index in [0.717, 1.165) is 28.4 Å². The molecule has 0 aliphatic heterocycles. The molecule has 3 aromatic rings. The molecule has 3 rings (SSSR count). The summed E-state index contributed by atoms with van der Waals surface area (Å²) in [5.41, 5.74) is 4.02. The monoisotopic (exact) mass is 268 g/mol. The van der Waals surface area contributed by atoms with E-state index in [1.807, 2.05) is 61.3 Å². The first-order chi connectivity index (χ1) is 9.74. The average molecular weight is 268 g/mol. The lowest BCUT2D eigenvalue weighted by Gasteiger charge is -2.02. The van der Waals surface area contributed by atoms with Gasteiger partial charge in [0.25, 0.3) is 0 Å². The Kier molecular flexibility index (Phi) is 3.25. The second-order valence-electron chi connectivity index (χ2n) is 4.67. The van der Waals surface area contributed by atoms with Crippen LogP contribution in [-0.4, -0.2) is 14.9 Å². The van der Waals surface area contributed by atoms with E-state index >= 15 is 0 Å². The van der Waals surface area contributed by atoms with Gasteiger partial charge in [-0.15, -0.1) is 0 Å². The molecule has 0 fully saturated rings. The largest absolute Gasteiger partial charge is 0.378 e. The number of para-hydroxylation sites is 1. The standard InChI is InChI=1S/C15H16N4O/c1-11-15(12(2)20-18-11)9-16-13-8-17-19(10-13)14-6-4-3-5-7-14/h3-8,10,16H,9H2,1-2H3. The Hall–Kier alpha value is -2.56. The van der Waals surface area contributed by atoms with Crippen molar-refractivity contribution in [3.8, 4) is 5.69 Å². The second kappa shape index (κ2) is 5.21. The first-order valence-electron chi connectivity index (χ1n) is 6.50. The average Bonchev–Trinajstić information content (AvgIpc) is 3.06. The molecule has 20 heavy (non-hydrogen) atoms. The lowest BCUT2D eigenvalue weighted by atomic mass is 10.2. The number of nitrogens with one attached hydrogen (secondary N) is 1. The quantitative estimate of drug-likeness (QED) is 0.790. The zero-order chi connectivity index (χ0) is 13.9. The maximum atomic E-state index is 5.15. The second-order valence-corrected chi connectivity index (χ2v) is 4.67. The molecule has 0 amide bonds. The number of benzene rings is 1. The number of rotatable bonds is 4. The zero-order valence-electron chi connectivity index (χ0n) is 11.5. The van der Waals surface area contributed by atoms with Gasteiger partial charge in [-0.25, -0.2) is 4.68 Å². The molecule has 5 nitrogen and oxygen atoms in total. The van der Waals surface area contributed by atoms with Crippen LogP contribution in [0.5, 0.6) is 0 Å². The smallest absolute Gasteiger partial charge is 0.138 e. The molecule has 0 saturated heterocycles. The molecule has 2 aromatic heterocycles. The maximum Gasteiger partial charge on any atom is 0.138 e. The van der Waals surface area contributed by atoms with Crippen LogP contribution in [0.4, 0.5) is 5.69 Å². The van der Waals surface area contributed by atoms with Crippen LogP contribution in [0.2, 0.25) is 0 Å². The van der Waals surface area contributed by atoms with Crippen LogP contribution in [0.1, 0.15) is 17.0 Å². The van der Waals surface area contributed by atoms with Gasteiger partial charge >= 0.3 is 0 Å². The molecular formula is C15H16N4O. The number of anilines is 1. The maximum absolute atomic E-state index is 5.15. The van der Waals surface area contributed by atoms with Crippen molar-refractivity contribution >= 4 is 5.69 Å². The molecule has 102 valence electrons. The topological polar surface area (TPSA) is 55.9 Å². The Balaban J connectivity index is 1.72. The minimum absolute atomic E-state index is 0.682. The van der Waals surface area contributed by atoms with E-state index in [9.17, 15) is 0 Å². The highest BCUT2D eigenvalue weighted by atomic mass is 16.5. The molecule has 2 heterocycles. The molecule has 0 atom stereocenters. The number of hydrogen-bond acceptors (Lipinski definition) is 4. The minimum atomic E-state index is 0.682. The first kappa shape index (κ1) is 12.5. The van der Waals surface area contributed by atoms with Crippen LogP contribution in [0.3, 0.4) is 0 Å². The number of nitrogens with zero attached hydrogens (tertiary/aromatic N) is 3. The van der Waals surface area contributed by atoms with Gasteiger partial charge in [0.05, 0.1) is 29.5 Å². The SMILES string of the molecule is Cc1noc(C)c1CNc1cnn(-c2ccccc2)c1. The zero-order valence-corrected chi connectivity index (χ0v) is 11.5. The van der Waals surface area contributed by atoms with E-state index in [1.54, 1.807) is 0 Å². The van der Waals surface area contributed by atoms with Crippen molar-refractivity contribution < 1.29 is 4.52 Å². The van der Waals surface area contributed by atoms with Crippen molar-refractivity contribution in [3.05, 3.63) is 59.7 Å². The van der Waals surface area contributed by atoms with E-state index < -0.39 is 0 Å². The third-order valence-corrected chi connectivity index (χ3v) is 3.25. The van der Waals surface area contributed by atoms with Crippen molar-refractivity contribution in [2.24, 2.45) is 0 Å². The van der Waals surface area contributed by atoms with Crippen LogP contribution in [-0.2, 0) is 6.54 Å². The summed E-state index contributed by atoms with van der Waals surface area (Å²) in [5.74, 6) is 0.852. The predicted molar refractivity (Wildman–Crippen MR) is 76.9 cm³/mol. The molecule has 0 unspecified atom stereocenters. The van der Waals surface area contributed by atoms with Gasteiger partial charge in [0.2, 0.25) is 0 Å². The van der Waals surface area contributed by atoms with Gasteiger partial charge in [-0.2, -0.15) is 5.10 Å². The fourth-order valence-corrected chi connectivity index (χ4v) is 2.08. The van der Waals surface area contributed by atoms with Gasteiger partial charge in [0.15, 0.2) is 0 Å². The summed E-state index contributed by atoms with van der Waals surface area (Å²) in [5, 5.41) is 11.6. The van der Waals surface area contributed by atoms with Crippen molar-refractivity contribution in [1.29, 1.82) is 0 Å². The Morgan fingerprint density at radius 1 is 1.20 bits per heavy atom. The summed E-state index contributed by atoms with van der Waals surface area (Å²) in [6, 6.07) is 10.0. The molecule has 0 radical (unpaired) electrons. The van der Waals surface area contributed by atoms with Crippen molar-refractivity contribution in [1.82, 2.24) is 14.9 Å². The van der Waals surface area contributed by atoms with Crippen molar-refractivity contribution in [2.75, 3.05) is 5.32 Å². The third-order valence-electron chi connectivity index (χ3n) is 3.25. The Morgan fingerprint density at radius 3 is 2.70 bits per heavy atom. The highest BCUT2D eigenvalue weighted by Gasteiger charge is 2.09. The van der Waals surface area contributed by atoms with Gasteiger partial charge in [0.1, 0.15) is 5.76 Å². The predicted octanol–water partition coefficient (Wildman–Crippen LogP) is 3.09. The summed E-state index contributed by atoms with van der Waals surface area (Å²) in [7, 11) is 0. The highest BCUT2D eigenvalue weighted by Crippen LogP contribution is 2.16. The molecule has 5 heteroatoms. The van der Waals surface area contributed by atoms with Crippen LogP contribution in [0, 0.1) is 13.8 Å². The molecule has 0 aliphatic rings. The van der Waals surface area contributed by atoms with E-state index in [4.69, 9.17) is 4.52 Å². The molecular weight excluding hydrogens is 252 g/mol. The van der Waals surface area contributed by atoms with Crippen LogP contribution < -0.4 is 5.32 Å². The Bertz CT molecular complexity index is 680. The van der Waals surface area contributed by atoms with Gasteiger partial charge < -0.3 is 9.84 Å². The van der Waals surface area contributed by atoms with Crippen molar-refractivity contribution in [2.45, 2.75) is 20.4 Å². The van der Waals surface area contributed by atoms with Gasteiger partial charge in [-0.3, -0.25) is 0 Å². The Morgan fingerprint density at radius 2 is 2.00 bits per heavy atom. The van der Waals surface area contributed by atoms with Gasteiger partial charge in [0, 0.05) is 12.1 Å². The highest BCUT2D eigenvalue weighted by molar-refractivity contribution is 5.43. The lowest BCUT2D eigenvalue weighted by molar-refractivity contribution is 0.392. The van der Waals surface area contributed by atoms with E-state index in [1.165, 1.54) is 0 Å². The number of aryl methyl sites for hydroxylation is 2.